The third-order valence-electron chi connectivity index (χ3n) is 5.26. The second-order valence-electron chi connectivity index (χ2n) is 9.27. The van der Waals surface area contributed by atoms with E-state index in [-0.39, 0.29) is 18.4 Å². The van der Waals surface area contributed by atoms with E-state index in [0.29, 0.717) is 23.7 Å². The molecule has 5 nitrogen and oxygen atoms in total. The number of carbonyl (C=O) groups excluding carboxylic acids is 2. The fourth-order valence-corrected chi connectivity index (χ4v) is 3.67. The molecule has 0 spiro atoms. The van der Waals surface area contributed by atoms with Gasteiger partial charge in [-0.3, -0.25) is 9.59 Å². The van der Waals surface area contributed by atoms with Crippen LogP contribution in [0.3, 0.4) is 0 Å². The van der Waals surface area contributed by atoms with Gasteiger partial charge in [0, 0.05) is 17.1 Å². The van der Waals surface area contributed by atoms with Crippen molar-refractivity contribution in [3.8, 4) is 5.75 Å². The van der Waals surface area contributed by atoms with E-state index in [0.717, 1.165) is 22.3 Å². The van der Waals surface area contributed by atoms with Crippen LogP contribution in [0.4, 0.5) is 0 Å². The van der Waals surface area contributed by atoms with Crippen LogP contribution in [0.5, 0.6) is 5.75 Å². The van der Waals surface area contributed by atoms with Crippen LogP contribution in [0.2, 0.25) is 5.02 Å². The van der Waals surface area contributed by atoms with Crippen molar-refractivity contribution in [2.45, 2.75) is 73.0 Å². The molecule has 174 valence electrons. The summed E-state index contributed by atoms with van der Waals surface area (Å²) in [6, 6.07) is 10.9. The second-order valence-corrected chi connectivity index (χ2v) is 9.65. The van der Waals surface area contributed by atoms with E-state index in [9.17, 15) is 9.59 Å². The van der Waals surface area contributed by atoms with Gasteiger partial charge in [0.15, 0.2) is 6.61 Å². The molecule has 0 radical (unpaired) electrons. The lowest BCUT2D eigenvalue weighted by Gasteiger charge is -2.33. The van der Waals surface area contributed by atoms with Gasteiger partial charge in [0.25, 0.3) is 5.91 Å². The lowest BCUT2D eigenvalue weighted by atomic mass is 10.0. The molecule has 0 heterocycles. The Labute approximate surface area is 197 Å². The molecular formula is C26H35ClN2O3. The van der Waals surface area contributed by atoms with Crippen molar-refractivity contribution in [3.05, 3.63) is 63.7 Å². The van der Waals surface area contributed by atoms with E-state index in [1.54, 1.807) is 4.90 Å². The van der Waals surface area contributed by atoms with E-state index in [2.05, 4.69) is 5.32 Å². The molecule has 1 atom stereocenters. The average molecular weight is 459 g/mol. The molecule has 2 rings (SSSR count). The van der Waals surface area contributed by atoms with Crippen LogP contribution in [0, 0.1) is 20.8 Å². The van der Waals surface area contributed by atoms with Gasteiger partial charge in [0.2, 0.25) is 5.91 Å². The highest BCUT2D eigenvalue weighted by atomic mass is 35.5. The zero-order valence-corrected chi connectivity index (χ0v) is 21.0. The Morgan fingerprint density at radius 2 is 1.66 bits per heavy atom. The molecule has 0 saturated heterocycles. The number of carbonyl (C=O) groups is 2. The largest absolute Gasteiger partial charge is 0.484 e. The first-order valence-corrected chi connectivity index (χ1v) is 11.4. The van der Waals surface area contributed by atoms with E-state index in [4.69, 9.17) is 16.3 Å². The highest BCUT2D eigenvalue weighted by Gasteiger charge is 2.31. The van der Waals surface area contributed by atoms with Gasteiger partial charge in [-0.2, -0.15) is 0 Å². The first-order valence-electron chi connectivity index (χ1n) is 11.0. The average Bonchev–Trinajstić information content (AvgIpc) is 2.70. The van der Waals surface area contributed by atoms with Gasteiger partial charge in [-0.1, -0.05) is 42.8 Å². The molecule has 2 aromatic carbocycles. The Morgan fingerprint density at radius 3 is 2.19 bits per heavy atom. The van der Waals surface area contributed by atoms with Crippen LogP contribution >= 0.6 is 11.6 Å². The van der Waals surface area contributed by atoms with Gasteiger partial charge in [0.1, 0.15) is 11.8 Å². The molecular weight excluding hydrogens is 424 g/mol. The van der Waals surface area contributed by atoms with Crippen molar-refractivity contribution in [1.82, 2.24) is 10.2 Å². The summed E-state index contributed by atoms with van der Waals surface area (Å²) in [5, 5.41) is 3.70. The molecule has 2 amide bonds. The van der Waals surface area contributed by atoms with Gasteiger partial charge in [-0.25, -0.2) is 0 Å². The smallest absolute Gasteiger partial charge is 0.261 e. The minimum absolute atomic E-state index is 0.161. The fraction of sp³-hybridized carbons (Fsp3) is 0.462. The summed E-state index contributed by atoms with van der Waals surface area (Å²) in [4.78, 5) is 28.0. The topological polar surface area (TPSA) is 58.6 Å². The van der Waals surface area contributed by atoms with Gasteiger partial charge < -0.3 is 15.0 Å². The predicted octanol–water partition coefficient (Wildman–Crippen LogP) is 5.37. The highest BCUT2D eigenvalue weighted by Crippen LogP contribution is 2.26. The minimum atomic E-state index is -0.598. The Bertz CT molecular complexity index is 943. The van der Waals surface area contributed by atoms with Crippen molar-refractivity contribution < 1.29 is 14.3 Å². The number of halogens is 1. The normalized spacial score (nSPS) is 12.2. The molecule has 0 bridgehead atoms. The van der Waals surface area contributed by atoms with Crippen LogP contribution in [-0.4, -0.2) is 34.9 Å². The zero-order valence-electron chi connectivity index (χ0n) is 20.2. The predicted molar refractivity (Wildman–Crippen MR) is 130 cm³/mol. The van der Waals surface area contributed by atoms with Crippen molar-refractivity contribution in [2.24, 2.45) is 0 Å². The molecule has 0 aliphatic heterocycles. The Morgan fingerprint density at radius 1 is 1.06 bits per heavy atom. The van der Waals surface area contributed by atoms with Crippen molar-refractivity contribution in [3.63, 3.8) is 0 Å². The summed E-state index contributed by atoms with van der Waals surface area (Å²) in [5.41, 5.74) is 3.46. The highest BCUT2D eigenvalue weighted by molar-refractivity contribution is 6.32. The van der Waals surface area contributed by atoms with Crippen LogP contribution in [0.15, 0.2) is 36.4 Å². The van der Waals surface area contributed by atoms with Gasteiger partial charge >= 0.3 is 0 Å². The molecule has 0 aliphatic carbocycles. The number of aryl methyl sites for hydroxylation is 3. The summed E-state index contributed by atoms with van der Waals surface area (Å²) in [7, 11) is 0. The number of ether oxygens (including phenoxy) is 1. The Balaban J connectivity index is 2.28. The molecule has 0 aromatic heterocycles. The monoisotopic (exact) mass is 458 g/mol. The lowest BCUT2D eigenvalue weighted by molar-refractivity contribution is -0.143. The number of rotatable bonds is 8. The van der Waals surface area contributed by atoms with Crippen LogP contribution in [0.1, 0.15) is 56.4 Å². The van der Waals surface area contributed by atoms with E-state index < -0.39 is 11.6 Å². The molecule has 1 unspecified atom stereocenters. The lowest BCUT2D eigenvalue weighted by Crippen LogP contribution is -2.54. The SMILES string of the molecule is CCC(C(=O)NC(C)(C)C)N(Cc1ccccc1C)C(=O)COc1cc(C)c(Cl)c(C)c1. The number of nitrogens with one attached hydrogen (secondary N) is 1. The van der Waals surface area contributed by atoms with Crippen LogP contribution < -0.4 is 10.1 Å². The molecule has 0 aliphatic rings. The van der Waals surface area contributed by atoms with E-state index >= 15 is 0 Å². The fourth-order valence-electron chi connectivity index (χ4n) is 3.56. The van der Waals surface area contributed by atoms with Crippen LogP contribution in [-0.2, 0) is 16.1 Å². The summed E-state index contributed by atoms with van der Waals surface area (Å²) in [5.74, 6) is 0.176. The molecule has 1 N–H and O–H groups in total. The van der Waals surface area contributed by atoms with Gasteiger partial charge in [0.05, 0.1) is 0 Å². The molecule has 32 heavy (non-hydrogen) atoms. The van der Waals surface area contributed by atoms with E-state index in [1.807, 2.05) is 84.9 Å². The molecule has 6 heteroatoms. The number of hydrogen-bond acceptors (Lipinski definition) is 3. The minimum Gasteiger partial charge on any atom is -0.484 e. The summed E-state index contributed by atoms with van der Waals surface area (Å²) < 4.78 is 5.83. The molecule has 2 aromatic rings. The first-order chi connectivity index (χ1) is 14.9. The maximum atomic E-state index is 13.3. The quantitative estimate of drug-likeness (QED) is 0.578. The van der Waals surface area contributed by atoms with Crippen LogP contribution in [0.25, 0.3) is 0 Å². The van der Waals surface area contributed by atoms with Gasteiger partial charge in [-0.05, 0) is 82.3 Å². The Hall–Kier alpha value is -2.53. The van der Waals surface area contributed by atoms with Crippen molar-refractivity contribution in [2.75, 3.05) is 6.61 Å². The summed E-state index contributed by atoms with van der Waals surface area (Å²) >= 11 is 6.24. The number of amides is 2. The number of nitrogens with zero attached hydrogens (tertiary/aromatic N) is 1. The third-order valence-corrected chi connectivity index (χ3v) is 5.85. The van der Waals surface area contributed by atoms with E-state index in [1.165, 1.54) is 0 Å². The first kappa shape index (κ1) is 25.7. The third kappa shape index (κ3) is 6.99. The molecule has 0 saturated carbocycles. The molecule has 0 fully saturated rings. The second kappa shape index (κ2) is 10.9. The van der Waals surface area contributed by atoms with Gasteiger partial charge in [-0.15, -0.1) is 0 Å². The maximum absolute atomic E-state index is 13.3. The maximum Gasteiger partial charge on any atom is 0.261 e. The summed E-state index contributed by atoms with van der Waals surface area (Å²) in [6.07, 6.45) is 0.499. The summed E-state index contributed by atoms with van der Waals surface area (Å²) in [6.45, 7) is 13.7. The Kier molecular flexibility index (Phi) is 8.73. The van der Waals surface area contributed by atoms with Crippen molar-refractivity contribution >= 4 is 23.4 Å². The van der Waals surface area contributed by atoms with Crippen molar-refractivity contribution in [1.29, 1.82) is 0 Å². The number of hydrogen-bond donors (Lipinski definition) is 1. The number of benzene rings is 2. The standard InChI is InChI=1S/C26H35ClN2O3/c1-8-22(25(31)28-26(5,6)7)29(15-20-12-10-9-11-17(20)2)23(30)16-32-21-13-18(3)24(27)19(4)14-21/h9-14,22H,8,15-16H2,1-7H3,(H,28,31). The zero-order chi connectivity index (χ0) is 24.1.